The molecule has 0 amide bonds. The Morgan fingerprint density at radius 1 is 1.30 bits per heavy atom. The lowest BCUT2D eigenvalue weighted by Gasteiger charge is -2.36. The molecule has 1 aromatic rings. The molecule has 1 aliphatic heterocycles. The van der Waals surface area contributed by atoms with Gasteiger partial charge < -0.3 is 5.73 Å². The third-order valence-electron chi connectivity index (χ3n) is 4.01. The van der Waals surface area contributed by atoms with Crippen molar-refractivity contribution in [3.05, 3.63) is 22.7 Å². The van der Waals surface area contributed by atoms with E-state index in [2.05, 4.69) is 6.92 Å². The highest BCUT2D eigenvalue weighted by molar-refractivity contribution is 7.89. The molecule has 0 radical (unpaired) electrons. The highest BCUT2D eigenvalue weighted by Gasteiger charge is 2.34. The zero-order valence-electron chi connectivity index (χ0n) is 12.1. The van der Waals surface area contributed by atoms with Crippen LogP contribution in [0.5, 0.6) is 0 Å². The molecule has 2 atom stereocenters. The van der Waals surface area contributed by atoms with E-state index in [0.717, 1.165) is 12.8 Å². The number of nitrogens with zero attached hydrogens (tertiary/aromatic N) is 1. The van der Waals surface area contributed by atoms with E-state index in [9.17, 15) is 8.42 Å². The summed E-state index contributed by atoms with van der Waals surface area (Å²) in [7, 11) is -3.55. The number of hydrogen-bond acceptors (Lipinski definition) is 3. The molecule has 20 heavy (non-hydrogen) atoms. The second-order valence-electron chi connectivity index (χ2n) is 5.72. The van der Waals surface area contributed by atoms with E-state index in [-0.39, 0.29) is 10.9 Å². The molecule has 1 aromatic carbocycles. The van der Waals surface area contributed by atoms with Gasteiger partial charge in [-0.1, -0.05) is 18.5 Å². The predicted molar refractivity (Wildman–Crippen MR) is 82.4 cm³/mol. The standard InChI is InChI=1S/C14H21ClN2O2S/c1-9-4-5-10(2)17(8-9)20(18,19)14-7-12(15)6-13(16)11(14)3/h6-7,9-10H,4-5,8,16H2,1-3H3. The number of nitrogens with two attached hydrogens (primary N) is 1. The number of benzene rings is 1. The van der Waals surface area contributed by atoms with Gasteiger partial charge in [0.25, 0.3) is 0 Å². The van der Waals surface area contributed by atoms with Gasteiger partial charge in [0.2, 0.25) is 10.0 Å². The molecule has 0 aliphatic carbocycles. The van der Waals surface area contributed by atoms with Gasteiger partial charge >= 0.3 is 0 Å². The summed E-state index contributed by atoms with van der Waals surface area (Å²) in [5.41, 5.74) is 6.82. The monoisotopic (exact) mass is 316 g/mol. The fraction of sp³-hybridized carbons (Fsp3) is 0.571. The fourth-order valence-corrected chi connectivity index (χ4v) is 5.01. The highest BCUT2D eigenvalue weighted by atomic mass is 35.5. The second-order valence-corrected chi connectivity index (χ2v) is 8.02. The second kappa shape index (κ2) is 5.54. The Morgan fingerprint density at radius 3 is 2.60 bits per heavy atom. The zero-order chi connectivity index (χ0) is 15.1. The van der Waals surface area contributed by atoms with Gasteiger partial charge in [0, 0.05) is 23.3 Å². The van der Waals surface area contributed by atoms with Crippen molar-refractivity contribution in [1.82, 2.24) is 4.31 Å². The molecular weight excluding hydrogens is 296 g/mol. The summed E-state index contributed by atoms with van der Waals surface area (Å²) in [6.07, 6.45) is 1.94. The lowest BCUT2D eigenvalue weighted by molar-refractivity contribution is 0.218. The van der Waals surface area contributed by atoms with E-state index in [4.69, 9.17) is 17.3 Å². The number of anilines is 1. The first-order valence-electron chi connectivity index (χ1n) is 6.81. The third kappa shape index (κ3) is 2.80. The van der Waals surface area contributed by atoms with Crippen molar-refractivity contribution < 1.29 is 8.42 Å². The number of nitrogen functional groups attached to an aromatic ring is 1. The molecule has 0 saturated carbocycles. The molecule has 1 heterocycles. The summed E-state index contributed by atoms with van der Waals surface area (Å²) < 4.78 is 27.3. The van der Waals surface area contributed by atoms with E-state index >= 15 is 0 Å². The Labute approximate surface area is 126 Å². The Balaban J connectivity index is 2.50. The number of hydrogen-bond donors (Lipinski definition) is 1. The van der Waals surface area contributed by atoms with Gasteiger partial charge in [0.05, 0.1) is 4.90 Å². The number of piperidine rings is 1. The van der Waals surface area contributed by atoms with Crippen molar-refractivity contribution in [2.24, 2.45) is 5.92 Å². The van der Waals surface area contributed by atoms with Gasteiger partial charge in [-0.05, 0) is 50.3 Å². The van der Waals surface area contributed by atoms with E-state index in [1.807, 2.05) is 6.92 Å². The minimum atomic E-state index is -3.55. The average molecular weight is 317 g/mol. The normalized spacial score (nSPS) is 24.8. The van der Waals surface area contributed by atoms with E-state index in [1.165, 1.54) is 6.07 Å². The van der Waals surface area contributed by atoms with Crippen LogP contribution in [0.3, 0.4) is 0 Å². The topological polar surface area (TPSA) is 63.4 Å². The minimum absolute atomic E-state index is 0.0100. The van der Waals surface area contributed by atoms with Gasteiger partial charge in [0.1, 0.15) is 0 Å². The van der Waals surface area contributed by atoms with Crippen LogP contribution in [-0.4, -0.2) is 25.3 Å². The van der Waals surface area contributed by atoms with Crippen molar-refractivity contribution >= 4 is 27.3 Å². The van der Waals surface area contributed by atoms with E-state index < -0.39 is 10.0 Å². The first-order chi connectivity index (χ1) is 9.23. The van der Waals surface area contributed by atoms with Crippen LogP contribution in [0.2, 0.25) is 5.02 Å². The maximum atomic E-state index is 12.9. The average Bonchev–Trinajstić information content (AvgIpc) is 2.36. The molecule has 0 spiro atoms. The minimum Gasteiger partial charge on any atom is -0.398 e. The molecule has 1 aliphatic rings. The van der Waals surface area contributed by atoms with Crippen LogP contribution in [0, 0.1) is 12.8 Å². The smallest absolute Gasteiger partial charge is 0.243 e. The summed E-state index contributed by atoms with van der Waals surface area (Å²) in [6.45, 7) is 6.30. The molecule has 2 unspecified atom stereocenters. The van der Waals surface area contributed by atoms with E-state index in [0.29, 0.717) is 28.7 Å². The molecule has 6 heteroatoms. The van der Waals surface area contributed by atoms with Crippen LogP contribution >= 0.6 is 11.6 Å². The molecular formula is C14H21ClN2O2S. The zero-order valence-corrected chi connectivity index (χ0v) is 13.6. The van der Waals surface area contributed by atoms with Crippen molar-refractivity contribution in [3.8, 4) is 0 Å². The summed E-state index contributed by atoms with van der Waals surface area (Å²) in [5, 5.41) is 0.351. The Bertz CT molecular complexity index is 616. The summed E-state index contributed by atoms with van der Waals surface area (Å²) in [4.78, 5) is 0.225. The SMILES string of the molecule is Cc1c(N)cc(Cl)cc1S(=O)(=O)N1CC(C)CCC1C. The maximum Gasteiger partial charge on any atom is 0.243 e. The van der Waals surface area contributed by atoms with Crippen LogP contribution < -0.4 is 5.73 Å². The van der Waals surface area contributed by atoms with Gasteiger partial charge in [-0.15, -0.1) is 0 Å². The molecule has 2 rings (SSSR count). The molecule has 112 valence electrons. The Hall–Kier alpha value is -0.780. The van der Waals surface area contributed by atoms with Crippen LogP contribution in [0.15, 0.2) is 17.0 Å². The van der Waals surface area contributed by atoms with E-state index in [1.54, 1.807) is 17.3 Å². The van der Waals surface area contributed by atoms with Gasteiger partial charge in [-0.2, -0.15) is 4.31 Å². The highest BCUT2D eigenvalue weighted by Crippen LogP contribution is 2.32. The van der Waals surface area contributed by atoms with Crippen molar-refractivity contribution in [3.63, 3.8) is 0 Å². The number of rotatable bonds is 2. The molecule has 1 saturated heterocycles. The first-order valence-corrected chi connectivity index (χ1v) is 8.62. The lowest BCUT2D eigenvalue weighted by atomic mass is 9.97. The number of halogens is 1. The van der Waals surface area contributed by atoms with Crippen LogP contribution in [-0.2, 0) is 10.0 Å². The third-order valence-corrected chi connectivity index (χ3v) is 6.34. The molecule has 2 N–H and O–H groups in total. The molecule has 4 nitrogen and oxygen atoms in total. The molecule has 0 bridgehead atoms. The van der Waals surface area contributed by atoms with Gasteiger partial charge in [0.15, 0.2) is 0 Å². The van der Waals surface area contributed by atoms with Gasteiger partial charge in [-0.25, -0.2) is 8.42 Å². The fourth-order valence-electron chi connectivity index (χ4n) is 2.65. The number of sulfonamides is 1. The largest absolute Gasteiger partial charge is 0.398 e. The van der Waals surface area contributed by atoms with Crippen molar-refractivity contribution in [1.29, 1.82) is 0 Å². The van der Waals surface area contributed by atoms with Crippen LogP contribution in [0.1, 0.15) is 32.3 Å². The maximum absolute atomic E-state index is 12.9. The summed E-state index contributed by atoms with van der Waals surface area (Å²) in [6, 6.07) is 3.09. The molecule has 0 aromatic heterocycles. The lowest BCUT2D eigenvalue weighted by Crippen LogP contribution is -2.45. The van der Waals surface area contributed by atoms with Crippen molar-refractivity contribution in [2.75, 3.05) is 12.3 Å². The van der Waals surface area contributed by atoms with Gasteiger partial charge in [-0.3, -0.25) is 0 Å². The molecule has 1 fully saturated rings. The first kappa shape index (κ1) is 15.6. The summed E-state index contributed by atoms with van der Waals surface area (Å²) >= 11 is 5.97. The summed E-state index contributed by atoms with van der Waals surface area (Å²) in [5.74, 6) is 0.373. The van der Waals surface area contributed by atoms with Crippen LogP contribution in [0.4, 0.5) is 5.69 Å². The Kier molecular flexibility index (Phi) is 4.33. The van der Waals surface area contributed by atoms with Crippen molar-refractivity contribution in [2.45, 2.75) is 44.6 Å². The van der Waals surface area contributed by atoms with Crippen LogP contribution in [0.25, 0.3) is 0 Å². The Morgan fingerprint density at radius 2 is 1.95 bits per heavy atom. The predicted octanol–water partition coefficient (Wildman–Crippen LogP) is 3.04. The quantitative estimate of drug-likeness (QED) is 0.853.